The van der Waals surface area contributed by atoms with Crippen molar-refractivity contribution in [2.75, 3.05) is 0 Å². The molecule has 3 aromatic carbocycles. The van der Waals surface area contributed by atoms with Crippen molar-refractivity contribution in [3.63, 3.8) is 0 Å². The summed E-state index contributed by atoms with van der Waals surface area (Å²) in [4.78, 5) is 30.0. The van der Waals surface area contributed by atoms with Gasteiger partial charge in [-0.25, -0.2) is 0 Å². The van der Waals surface area contributed by atoms with Crippen molar-refractivity contribution in [1.82, 2.24) is 14.0 Å². The van der Waals surface area contributed by atoms with E-state index in [0.717, 1.165) is 64.4 Å². The van der Waals surface area contributed by atoms with Crippen LogP contribution in [0, 0.1) is 0 Å². The second-order valence-electron chi connectivity index (χ2n) is 10.1. The van der Waals surface area contributed by atoms with Crippen LogP contribution in [0.2, 0.25) is 0 Å². The summed E-state index contributed by atoms with van der Waals surface area (Å²) in [5, 5.41) is 1.91. The molecule has 0 radical (unpaired) electrons. The molecule has 1 aliphatic rings. The molecule has 2 aromatic heterocycles. The van der Waals surface area contributed by atoms with Gasteiger partial charge in [0.2, 0.25) is 0 Å². The van der Waals surface area contributed by atoms with Crippen LogP contribution in [0.3, 0.4) is 0 Å². The molecule has 6 rings (SSSR count). The molecule has 2 amide bonds. The Labute approximate surface area is 233 Å². The molecule has 5 heteroatoms. The molecule has 0 atom stereocenters. The van der Waals surface area contributed by atoms with E-state index in [9.17, 15) is 9.59 Å². The summed E-state index contributed by atoms with van der Waals surface area (Å²) in [6.07, 6.45) is 9.43. The highest BCUT2D eigenvalue weighted by Gasteiger charge is 2.41. The average Bonchev–Trinajstić information content (AvgIpc) is 3.61. The highest BCUT2D eigenvalue weighted by atomic mass is 16.2. The van der Waals surface area contributed by atoms with Gasteiger partial charge in [0, 0.05) is 58.4 Å². The van der Waals surface area contributed by atoms with E-state index in [1.54, 1.807) is 0 Å². The number of rotatable bonds is 10. The molecule has 5 nitrogen and oxygen atoms in total. The van der Waals surface area contributed by atoms with Crippen molar-refractivity contribution in [3.05, 3.63) is 133 Å². The first-order chi connectivity index (χ1) is 19.6. The van der Waals surface area contributed by atoms with E-state index in [2.05, 4.69) is 34.4 Å². The van der Waals surface area contributed by atoms with Crippen molar-refractivity contribution in [2.45, 2.75) is 32.5 Å². The van der Waals surface area contributed by atoms with Gasteiger partial charge in [-0.3, -0.25) is 14.5 Å². The quantitative estimate of drug-likeness (QED) is 0.143. The minimum Gasteiger partial charge on any atom is -0.347 e. The van der Waals surface area contributed by atoms with Gasteiger partial charge in [0.25, 0.3) is 11.8 Å². The summed E-state index contributed by atoms with van der Waals surface area (Å²) in [7, 11) is 0. The van der Waals surface area contributed by atoms with E-state index >= 15 is 0 Å². The third-order valence-electron chi connectivity index (χ3n) is 7.62. The Morgan fingerprint density at radius 1 is 0.600 bits per heavy atom. The molecule has 0 fully saturated rings. The number of allylic oxidation sites excluding steroid dienone is 2. The third kappa shape index (κ3) is 4.30. The number of amides is 2. The predicted molar refractivity (Wildman–Crippen MR) is 162 cm³/mol. The number of carbonyl (C=O) groups excluding carboxylic acids is 2. The van der Waals surface area contributed by atoms with E-state index in [1.165, 1.54) is 4.90 Å². The lowest BCUT2D eigenvalue weighted by Crippen LogP contribution is -2.30. The molecule has 5 aromatic rings. The second kappa shape index (κ2) is 10.7. The normalized spacial score (nSPS) is 13.7. The molecule has 0 saturated heterocycles. The van der Waals surface area contributed by atoms with Gasteiger partial charge in [-0.15, -0.1) is 13.2 Å². The molecule has 198 valence electrons. The van der Waals surface area contributed by atoms with Crippen LogP contribution in [-0.4, -0.2) is 25.8 Å². The Kier molecular flexibility index (Phi) is 6.79. The molecule has 0 aliphatic carbocycles. The van der Waals surface area contributed by atoms with E-state index in [4.69, 9.17) is 0 Å². The Morgan fingerprint density at radius 2 is 1.05 bits per heavy atom. The van der Waals surface area contributed by atoms with Crippen molar-refractivity contribution in [2.24, 2.45) is 0 Å². The lowest BCUT2D eigenvalue weighted by atomic mass is 9.95. The molecule has 0 N–H and O–H groups in total. The fraction of sp³-hybridized carbons (Fsp3) is 0.143. The van der Waals surface area contributed by atoms with Crippen LogP contribution in [0.15, 0.2) is 117 Å². The zero-order chi connectivity index (χ0) is 27.6. The maximum atomic E-state index is 14.3. The zero-order valence-corrected chi connectivity index (χ0v) is 22.4. The van der Waals surface area contributed by atoms with E-state index in [1.807, 2.05) is 91.3 Å². The van der Waals surface area contributed by atoms with Gasteiger partial charge < -0.3 is 9.13 Å². The van der Waals surface area contributed by atoms with Crippen LogP contribution in [0.1, 0.15) is 29.5 Å². The molecular formula is C35H31N3O2. The van der Waals surface area contributed by atoms with E-state index in [0.29, 0.717) is 11.1 Å². The van der Waals surface area contributed by atoms with Crippen LogP contribution in [0.5, 0.6) is 0 Å². The SMILES string of the molecule is C=CCCn1cc(C2=C(c3cn(CCC=C)c4ccccc34)C(=O)N(Cc3ccccc3)C2=O)c2ccccc21. The van der Waals surface area contributed by atoms with Gasteiger partial charge in [-0.05, 0) is 30.5 Å². The van der Waals surface area contributed by atoms with Crippen LogP contribution in [0.4, 0.5) is 0 Å². The molecule has 0 bridgehead atoms. The van der Waals surface area contributed by atoms with Gasteiger partial charge in [-0.2, -0.15) is 0 Å². The summed E-state index contributed by atoms with van der Waals surface area (Å²) in [6, 6.07) is 25.8. The number of para-hydroxylation sites is 2. The topological polar surface area (TPSA) is 47.2 Å². The summed E-state index contributed by atoms with van der Waals surface area (Å²) in [5.74, 6) is -0.531. The fourth-order valence-electron chi connectivity index (χ4n) is 5.71. The lowest BCUT2D eigenvalue weighted by molar-refractivity contribution is -0.136. The van der Waals surface area contributed by atoms with E-state index < -0.39 is 0 Å². The maximum absolute atomic E-state index is 14.3. The van der Waals surface area contributed by atoms with Crippen molar-refractivity contribution in [1.29, 1.82) is 0 Å². The number of nitrogens with zero attached hydrogens (tertiary/aromatic N) is 3. The smallest absolute Gasteiger partial charge is 0.262 e. The monoisotopic (exact) mass is 525 g/mol. The Hall–Kier alpha value is -4.90. The van der Waals surface area contributed by atoms with Gasteiger partial charge in [0.05, 0.1) is 17.7 Å². The third-order valence-corrected chi connectivity index (χ3v) is 7.62. The molecule has 3 heterocycles. The first-order valence-corrected chi connectivity index (χ1v) is 13.6. The molecule has 0 saturated carbocycles. The van der Waals surface area contributed by atoms with Gasteiger partial charge in [0.1, 0.15) is 0 Å². The number of carbonyl (C=O) groups is 2. The molecule has 0 unspecified atom stereocenters. The number of aromatic nitrogens is 2. The van der Waals surface area contributed by atoms with Gasteiger partial charge >= 0.3 is 0 Å². The zero-order valence-electron chi connectivity index (χ0n) is 22.4. The lowest BCUT2D eigenvalue weighted by Gasteiger charge is -2.15. The summed E-state index contributed by atoms with van der Waals surface area (Å²) in [6.45, 7) is 9.46. The minimum absolute atomic E-state index is 0.218. The highest BCUT2D eigenvalue weighted by molar-refractivity contribution is 6.50. The number of imide groups is 1. The van der Waals surface area contributed by atoms with Crippen molar-refractivity contribution >= 4 is 44.8 Å². The standard InChI is InChI=1S/C35H31N3O2/c1-3-5-20-36-23-28(26-16-10-12-18-30(26)36)32-33(35(40)38(34(32)39)22-25-14-8-7-9-15-25)29-24-37(21-6-4-2)31-19-13-11-17-27(29)31/h3-4,7-19,23-24H,1-2,5-6,20-22H2. The summed E-state index contributed by atoms with van der Waals surface area (Å²) in [5.41, 5.74) is 5.45. The predicted octanol–water partition coefficient (Wildman–Crippen LogP) is 7.23. The second-order valence-corrected chi connectivity index (χ2v) is 10.1. The molecule has 40 heavy (non-hydrogen) atoms. The van der Waals surface area contributed by atoms with Gasteiger partial charge in [0.15, 0.2) is 0 Å². The van der Waals surface area contributed by atoms with Crippen molar-refractivity contribution in [3.8, 4) is 0 Å². The summed E-state index contributed by atoms with van der Waals surface area (Å²) < 4.78 is 4.31. The first kappa shape index (κ1) is 25.4. The number of aryl methyl sites for hydroxylation is 2. The molecule has 1 aliphatic heterocycles. The van der Waals surface area contributed by atoms with Crippen LogP contribution >= 0.6 is 0 Å². The fourth-order valence-corrected chi connectivity index (χ4v) is 5.71. The number of hydrogen-bond donors (Lipinski definition) is 0. The molecular weight excluding hydrogens is 494 g/mol. The Balaban J connectivity index is 1.60. The average molecular weight is 526 g/mol. The van der Waals surface area contributed by atoms with Crippen LogP contribution in [0.25, 0.3) is 33.0 Å². The van der Waals surface area contributed by atoms with Crippen LogP contribution < -0.4 is 0 Å². The molecule has 0 spiro atoms. The number of benzene rings is 3. The highest BCUT2D eigenvalue weighted by Crippen LogP contribution is 2.42. The first-order valence-electron chi connectivity index (χ1n) is 13.6. The van der Waals surface area contributed by atoms with Gasteiger partial charge in [-0.1, -0.05) is 78.9 Å². The largest absolute Gasteiger partial charge is 0.347 e. The Morgan fingerprint density at radius 3 is 1.52 bits per heavy atom. The number of hydrogen-bond acceptors (Lipinski definition) is 2. The van der Waals surface area contributed by atoms with Crippen molar-refractivity contribution < 1.29 is 9.59 Å². The number of fused-ring (bicyclic) bond motifs is 2. The summed E-state index contributed by atoms with van der Waals surface area (Å²) >= 11 is 0. The van der Waals surface area contributed by atoms with E-state index in [-0.39, 0.29) is 18.4 Å². The maximum Gasteiger partial charge on any atom is 0.262 e. The Bertz CT molecular complexity index is 1690. The minimum atomic E-state index is -0.265. The van der Waals surface area contributed by atoms with Crippen LogP contribution in [-0.2, 0) is 29.2 Å².